The normalized spacial score (nSPS) is 13.3. The molecule has 2 amide bonds. The van der Waals surface area contributed by atoms with Crippen molar-refractivity contribution in [1.82, 2.24) is 9.62 Å². The number of amides is 2. The monoisotopic (exact) mass is 465 g/mol. The van der Waals surface area contributed by atoms with Crippen molar-refractivity contribution in [3.8, 4) is 0 Å². The van der Waals surface area contributed by atoms with Gasteiger partial charge in [-0.15, -0.1) is 0 Å². The number of anilines is 1. The van der Waals surface area contributed by atoms with Gasteiger partial charge in [-0.05, 0) is 42.3 Å². The van der Waals surface area contributed by atoms with Gasteiger partial charge in [-0.3, -0.25) is 14.9 Å². The lowest BCUT2D eigenvalue weighted by molar-refractivity contribution is -0.112. The Bertz CT molecular complexity index is 1260. The highest BCUT2D eigenvalue weighted by molar-refractivity contribution is 7.89. The third-order valence-corrected chi connectivity index (χ3v) is 7.10. The number of nitrogens with zero attached hydrogens (tertiary/aromatic N) is 1. The van der Waals surface area contributed by atoms with Crippen molar-refractivity contribution in [2.45, 2.75) is 24.4 Å². The molecular weight excluding hydrogens is 442 g/mol. The number of sulfonamides is 1. The Balaban J connectivity index is 1.36. The molecule has 1 aliphatic rings. The summed E-state index contributed by atoms with van der Waals surface area (Å²) >= 11 is 0. The smallest absolute Gasteiger partial charge is 0.251 e. The molecule has 1 aromatic heterocycles. The van der Waals surface area contributed by atoms with Crippen molar-refractivity contribution in [2.75, 3.05) is 11.9 Å². The SMILES string of the molecule is C=CC(=O)Nc1cc2c(o1)CN(S(=O)(=O)c1ccc(C(=O)NCCc3ccccc3)cc1)C2. The summed E-state index contributed by atoms with van der Waals surface area (Å²) < 4.78 is 32.9. The van der Waals surface area contributed by atoms with Crippen molar-refractivity contribution in [1.29, 1.82) is 0 Å². The van der Waals surface area contributed by atoms with E-state index in [1.807, 2.05) is 30.3 Å². The quantitative estimate of drug-likeness (QED) is 0.497. The van der Waals surface area contributed by atoms with Crippen LogP contribution < -0.4 is 10.6 Å². The molecule has 170 valence electrons. The Kier molecular flexibility index (Phi) is 6.43. The molecule has 0 aliphatic carbocycles. The lowest BCUT2D eigenvalue weighted by atomic mass is 10.1. The van der Waals surface area contributed by atoms with Crippen LogP contribution in [0.25, 0.3) is 0 Å². The van der Waals surface area contributed by atoms with Gasteiger partial charge in [0.15, 0.2) is 5.88 Å². The Hall–Kier alpha value is -3.69. The van der Waals surface area contributed by atoms with Gasteiger partial charge in [0.05, 0.1) is 11.4 Å². The minimum Gasteiger partial charge on any atom is -0.444 e. The second-order valence-corrected chi connectivity index (χ2v) is 9.48. The van der Waals surface area contributed by atoms with Crippen LogP contribution in [-0.2, 0) is 34.3 Å². The van der Waals surface area contributed by atoms with Crippen molar-refractivity contribution in [3.05, 3.63) is 95.8 Å². The summed E-state index contributed by atoms with van der Waals surface area (Å²) in [7, 11) is -3.77. The van der Waals surface area contributed by atoms with E-state index in [0.29, 0.717) is 29.9 Å². The molecule has 9 heteroatoms. The van der Waals surface area contributed by atoms with Gasteiger partial charge in [0.25, 0.3) is 5.91 Å². The molecule has 4 rings (SSSR count). The van der Waals surface area contributed by atoms with E-state index in [1.54, 1.807) is 6.07 Å². The average molecular weight is 466 g/mol. The van der Waals surface area contributed by atoms with Crippen molar-refractivity contribution in [2.24, 2.45) is 0 Å². The number of carbonyl (C=O) groups is 2. The van der Waals surface area contributed by atoms with Crippen molar-refractivity contribution >= 4 is 27.7 Å². The van der Waals surface area contributed by atoms with Crippen molar-refractivity contribution < 1.29 is 22.4 Å². The Morgan fingerprint density at radius 3 is 2.45 bits per heavy atom. The van der Waals surface area contributed by atoms with Crippen LogP contribution in [0.3, 0.4) is 0 Å². The second kappa shape index (κ2) is 9.43. The summed E-state index contributed by atoms with van der Waals surface area (Å²) in [5.74, 6) is 0.0670. The molecule has 0 unspecified atom stereocenters. The fourth-order valence-corrected chi connectivity index (χ4v) is 4.91. The maximum Gasteiger partial charge on any atom is 0.251 e. The third kappa shape index (κ3) is 5.05. The molecule has 0 spiro atoms. The van der Waals surface area contributed by atoms with Gasteiger partial charge in [0.2, 0.25) is 15.9 Å². The van der Waals surface area contributed by atoms with Crippen LogP contribution in [0.4, 0.5) is 5.88 Å². The van der Waals surface area contributed by atoms with E-state index in [-0.39, 0.29) is 29.8 Å². The van der Waals surface area contributed by atoms with Gasteiger partial charge in [-0.1, -0.05) is 36.9 Å². The summed E-state index contributed by atoms with van der Waals surface area (Å²) in [5.41, 5.74) is 2.20. The maximum absolute atomic E-state index is 13.0. The molecule has 1 aliphatic heterocycles. The fraction of sp³-hybridized carbons (Fsp3) is 0.167. The molecule has 0 radical (unpaired) electrons. The van der Waals surface area contributed by atoms with Crippen LogP contribution in [0.2, 0.25) is 0 Å². The Morgan fingerprint density at radius 1 is 1.06 bits per heavy atom. The Labute approximate surface area is 192 Å². The topological polar surface area (TPSA) is 109 Å². The van der Waals surface area contributed by atoms with Gasteiger partial charge < -0.3 is 9.73 Å². The van der Waals surface area contributed by atoms with E-state index in [0.717, 1.165) is 11.6 Å². The molecule has 8 nitrogen and oxygen atoms in total. The number of carbonyl (C=O) groups excluding carboxylic acids is 2. The number of nitrogens with one attached hydrogen (secondary N) is 2. The van der Waals surface area contributed by atoms with Crippen LogP contribution in [-0.4, -0.2) is 31.1 Å². The number of hydrogen-bond donors (Lipinski definition) is 2. The zero-order valence-electron chi connectivity index (χ0n) is 17.8. The predicted octanol–water partition coefficient (Wildman–Crippen LogP) is 3.08. The van der Waals surface area contributed by atoms with Gasteiger partial charge in [-0.2, -0.15) is 4.31 Å². The average Bonchev–Trinajstić information content (AvgIpc) is 3.39. The molecule has 2 heterocycles. The van der Waals surface area contributed by atoms with Crippen LogP contribution in [0.15, 0.2) is 82.6 Å². The first-order valence-electron chi connectivity index (χ1n) is 10.3. The molecule has 0 fully saturated rings. The molecular formula is C24H23N3O5S. The van der Waals surface area contributed by atoms with Crippen molar-refractivity contribution in [3.63, 3.8) is 0 Å². The minimum absolute atomic E-state index is 0.0589. The minimum atomic E-state index is -3.77. The Morgan fingerprint density at radius 2 is 1.79 bits per heavy atom. The highest BCUT2D eigenvalue weighted by Gasteiger charge is 2.33. The molecule has 33 heavy (non-hydrogen) atoms. The van der Waals surface area contributed by atoms with E-state index in [2.05, 4.69) is 17.2 Å². The first kappa shape index (κ1) is 22.5. The zero-order valence-corrected chi connectivity index (χ0v) is 18.6. The van der Waals surface area contributed by atoms with Gasteiger partial charge in [0, 0.05) is 30.3 Å². The fourth-order valence-electron chi connectivity index (χ4n) is 3.54. The molecule has 0 saturated carbocycles. The standard InChI is InChI=1S/C24H23N3O5S/c1-2-22(28)26-23-14-19-15-27(16-21(19)32-23)33(30,31)20-10-8-18(9-11-20)24(29)25-13-12-17-6-4-3-5-7-17/h2-11,14H,1,12-13,15-16H2,(H,25,29)(H,26,28). The van der Waals surface area contributed by atoms with Gasteiger partial charge >= 0.3 is 0 Å². The van der Waals surface area contributed by atoms with Crippen LogP contribution >= 0.6 is 0 Å². The first-order valence-corrected chi connectivity index (χ1v) is 11.8. The number of rotatable bonds is 8. The largest absolute Gasteiger partial charge is 0.444 e. The molecule has 0 atom stereocenters. The van der Waals surface area contributed by atoms with E-state index in [4.69, 9.17) is 4.42 Å². The second-order valence-electron chi connectivity index (χ2n) is 7.54. The first-order chi connectivity index (χ1) is 15.9. The summed E-state index contributed by atoms with van der Waals surface area (Å²) in [4.78, 5) is 23.9. The molecule has 0 bridgehead atoms. The van der Waals surface area contributed by atoms with E-state index < -0.39 is 15.9 Å². The van der Waals surface area contributed by atoms with E-state index in [1.165, 1.54) is 28.6 Å². The molecule has 2 N–H and O–H groups in total. The van der Waals surface area contributed by atoms with Gasteiger partial charge in [-0.25, -0.2) is 8.42 Å². The van der Waals surface area contributed by atoms with E-state index >= 15 is 0 Å². The number of furan rings is 1. The van der Waals surface area contributed by atoms with Crippen LogP contribution in [0.1, 0.15) is 27.2 Å². The maximum atomic E-state index is 13.0. The predicted molar refractivity (Wildman–Crippen MR) is 123 cm³/mol. The van der Waals surface area contributed by atoms with Crippen LogP contribution in [0.5, 0.6) is 0 Å². The molecule has 2 aromatic carbocycles. The summed E-state index contributed by atoms with van der Waals surface area (Å²) in [6.07, 6.45) is 1.83. The highest BCUT2D eigenvalue weighted by Crippen LogP contribution is 2.32. The molecule has 0 saturated heterocycles. The summed E-state index contributed by atoms with van der Waals surface area (Å²) in [6, 6.07) is 17.3. The number of hydrogen-bond acceptors (Lipinski definition) is 5. The van der Waals surface area contributed by atoms with E-state index in [9.17, 15) is 18.0 Å². The lowest BCUT2D eigenvalue weighted by Crippen LogP contribution is -2.27. The highest BCUT2D eigenvalue weighted by atomic mass is 32.2. The summed E-state index contributed by atoms with van der Waals surface area (Å²) in [6.45, 7) is 4.05. The summed E-state index contributed by atoms with van der Waals surface area (Å²) in [5, 5.41) is 5.36. The third-order valence-electron chi connectivity index (χ3n) is 5.29. The van der Waals surface area contributed by atoms with Crippen LogP contribution in [0, 0.1) is 0 Å². The van der Waals surface area contributed by atoms with Gasteiger partial charge in [0.1, 0.15) is 5.76 Å². The zero-order chi connectivity index (χ0) is 23.4. The number of benzene rings is 2. The number of fused-ring (bicyclic) bond motifs is 1. The lowest BCUT2D eigenvalue weighted by Gasteiger charge is -2.16. The molecule has 3 aromatic rings.